The molecule has 110 valence electrons. The molecule has 2 aromatic rings. The van der Waals surface area contributed by atoms with Gasteiger partial charge in [0.25, 0.3) is 0 Å². The number of esters is 1. The number of thioether (sulfide) groups is 1. The second-order valence-corrected chi connectivity index (χ2v) is 6.09. The van der Waals surface area contributed by atoms with E-state index >= 15 is 0 Å². The Balaban J connectivity index is 1.91. The van der Waals surface area contributed by atoms with Gasteiger partial charge in [-0.05, 0) is 41.3 Å². The Hall–Kier alpha value is -1.89. The highest BCUT2D eigenvalue weighted by molar-refractivity contribution is 8.00. The van der Waals surface area contributed by atoms with Gasteiger partial charge in [0.05, 0.1) is 13.2 Å². The van der Waals surface area contributed by atoms with Crippen LogP contribution in [-0.4, -0.2) is 33.3 Å². The Bertz CT molecular complexity index is 654. The lowest BCUT2D eigenvalue weighted by Crippen LogP contribution is -2.13. The average molecular weight is 304 g/mol. The smallest absolute Gasteiger partial charge is 0.323 e. The summed E-state index contributed by atoms with van der Waals surface area (Å²) in [7, 11) is 1.40. The minimum Gasteiger partial charge on any atom is -0.468 e. The quantitative estimate of drug-likeness (QED) is 0.623. The maximum atomic E-state index is 12.2. The number of hydrogen-bond donors (Lipinski definition) is 0. The lowest BCUT2D eigenvalue weighted by Gasteiger charge is -2.16. The molecule has 3 rings (SSSR count). The number of rotatable bonds is 5. The summed E-state index contributed by atoms with van der Waals surface area (Å²) in [5.41, 5.74) is 1.98. The van der Waals surface area contributed by atoms with E-state index in [0.717, 1.165) is 24.0 Å². The van der Waals surface area contributed by atoms with Crippen molar-refractivity contribution in [2.24, 2.45) is 0 Å². The van der Waals surface area contributed by atoms with Gasteiger partial charge in [-0.15, -0.1) is 5.10 Å². The van der Waals surface area contributed by atoms with Crippen LogP contribution in [0, 0.1) is 6.92 Å². The van der Waals surface area contributed by atoms with Crippen LogP contribution in [-0.2, 0) is 9.53 Å². The molecule has 0 unspecified atom stereocenters. The van der Waals surface area contributed by atoms with Gasteiger partial charge in [-0.2, -0.15) is 0 Å². The van der Waals surface area contributed by atoms with Gasteiger partial charge in [0.1, 0.15) is 5.25 Å². The average Bonchev–Trinajstić information content (AvgIpc) is 3.24. The van der Waals surface area contributed by atoms with Gasteiger partial charge in [-0.25, -0.2) is 4.68 Å². The van der Waals surface area contributed by atoms with E-state index in [0.29, 0.717) is 11.2 Å². The normalized spacial score (nSPS) is 15.7. The van der Waals surface area contributed by atoms with Crippen LogP contribution < -0.4 is 0 Å². The third-order valence-electron chi connectivity index (χ3n) is 3.46. The van der Waals surface area contributed by atoms with Gasteiger partial charge in [0.15, 0.2) is 0 Å². The van der Waals surface area contributed by atoms with Crippen molar-refractivity contribution in [1.29, 1.82) is 0 Å². The van der Waals surface area contributed by atoms with Crippen molar-refractivity contribution in [3.05, 3.63) is 35.4 Å². The number of aromatic nitrogens is 4. The number of benzene rings is 1. The summed E-state index contributed by atoms with van der Waals surface area (Å²) in [4.78, 5) is 12.2. The van der Waals surface area contributed by atoms with Crippen LogP contribution in [0.2, 0.25) is 0 Å². The molecule has 1 atom stereocenters. The largest absolute Gasteiger partial charge is 0.468 e. The van der Waals surface area contributed by atoms with Gasteiger partial charge in [0.2, 0.25) is 5.16 Å². The van der Waals surface area contributed by atoms with Gasteiger partial charge in [-0.3, -0.25) is 4.79 Å². The summed E-state index contributed by atoms with van der Waals surface area (Å²) in [5.74, 6) is -0.292. The maximum Gasteiger partial charge on any atom is 0.323 e. The molecule has 1 aliphatic carbocycles. The van der Waals surface area contributed by atoms with Crippen molar-refractivity contribution < 1.29 is 9.53 Å². The SMILES string of the molecule is COC(=O)[C@H](Sc1nnnn1C1CC1)c1ccccc1C. The van der Waals surface area contributed by atoms with Gasteiger partial charge in [-0.1, -0.05) is 36.0 Å². The first kappa shape index (κ1) is 14.1. The molecule has 0 spiro atoms. The van der Waals surface area contributed by atoms with E-state index in [9.17, 15) is 4.79 Å². The standard InChI is InChI=1S/C14H16N4O2S/c1-9-5-3-4-6-11(9)12(13(19)20-2)21-14-15-16-17-18(14)10-7-8-10/h3-6,10,12H,7-8H2,1-2H3/t12-/m1/s1. The summed E-state index contributed by atoms with van der Waals surface area (Å²) in [6.07, 6.45) is 2.18. The molecule has 6 nitrogen and oxygen atoms in total. The molecular formula is C14H16N4O2S. The number of hydrogen-bond acceptors (Lipinski definition) is 6. The van der Waals surface area contributed by atoms with E-state index in [-0.39, 0.29) is 5.97 Å². The lowest BCUT2D eigenvalue weighted by molar-refractivity contribution is -0.140. The van der Waals surface area contributed by atoms with Crippen LogP contribution in [0.5, 0.6) is 0 Å². The number of methoxy groups -OCH3 is 1. The maximum absolute atomic E-state index is 12.2. The molecule has 0 radical (unpaired) electrons. The summed E-state index contributed by atoms with van der Waals surface area (Å²) < 4.78 is 6.75. The summed E-state index contributed by atoms with van der Waals surface area (Å²) in [5, 5.41) is 12.0. The van der Waals surface area contributed by atoms with Crippen LogP contribution in [0.15, 0.2) is 29.4 Å². The molecule has 1 saturated carbocycles. The fraction of sp³-hybridized carbons (Fsp3) is 0.429. The first-order valence-corrected chi connectivity index (χ1v) is 7.66. The zero-order chi connectivity index (χ0) is 14.8. The van der Waals surface area contributed by atoms with Crippen LogP contribution in [0.25, 0.3) is 0 Å². The highest BCUT2D eigenvalue weighted by Crippen LogP contribution is 2.41. The van der Waals surface area contributed by atoms with Crippen LogP contribution in [0.4, 0.5) is 0 Å². The second-order valence-electron chi connectivity index (χ2n) is 5.01. The van der Waals surface area contributed by atoms with Crippen LogP contribution in [0.1, 0.15) is 35.3 Å². The van der Waals surface area contributed by atoms with Crippen molar-refractivity contribution in [3.8, 4) is 0 Å². The van der Waals surface area contributed by atoms with E-state index < -0.39 is 5.25 Å². The fourth-order valence-electron chi connectivity index (χ4n) is 2.14. The molecule has 1 fully saturated rings. The van der Waals surface area contributed by atoms with Crippen molar-refractivity contribution in [3.63, 3.8) is 0 Å². The molecule has 0 saturated heterocycles. The van der Waals surface area contributed by atoms with Gasteiger partial charge < -0.3 is 4.74 Å². The highest BCUT2D eigenvalue weighted by atomic mass is 32.2. The first-order valence-electron chi connectivity index (χ1n) is 6.78. The van der Waals surface area contributed by atoms with E-state index in [1.807, 2.05) is 31.2 Å². The minimum absolute atomic E-state index is 0.292. The highest BCUT2D eigenvalue weighted by Gasteiger charge is 2.32. The second kappa shape index (κ2) is 5.85. The molecule has 0 N–H and O–H groups in total. The number of carbonyl (C=O) groups is 1. The van der Waals surface area contributed by atoms with Crippen molar-refractivity contribution in [1.82, 2.24) is 20.2 Å². The van der Waals surface area contributed by atoms with E-state index in [2.05, 4.69) is 15.5 Å². The zero-order valence-electron chi connectivity index (χ0n) is 11.9. The molecule has 0 bridgehead atoms. The Morgan fingerprint density at radius 3 is 2.86 bits per heavy atom. The van der Waals surface area contributed by atoms with E-state index in [1.54, 1.807) is 4.68 Å². The Kier molecular flexibility index (Phi) is 3.92. The summed E-state index contributed by atoms with van der Waals surface area (Å²) in [6.45, 7) is 1.98. The Labute approximate surface area is 126 Å². The number of ether oxygens (including phenoxy) is 1. The van der Waals surface area contributed by atoms with Crippen molar-refractivity contribution >= 4 is 17.7 Å². The molecule has 1 aromatic heterocycles. The first-order chi connectivity index (χ1) is 10.2. The monoisotopic (exact) mass is 304 g/mol. The number of carbonyl (C=O) groups excluding carboxylic acids is 1. The zero-order valence-corrected chi connectivity index (χ0v) is 12.7. The Morgan fingerprint density at radius 1 is 1.43 bits per heavy atom. The van der Waals surface area contributed by atoms with Gasteiger partial charge >= 0.3 is 5.97 Å². The molecule has 7 heteroatoms. The number of nitrogens with zero attached hydrogens (tertiary/aromatic N) is 4. The molecule has 0 amide bonds. The molecular weight excluding hydrogens is 288 g/mol. The third-order valence-corrected chi connectivity index (χ3v) is 4.63. The van der Waals surface area contributed by atoms with Gasteiger partial charge in [0, 0.05) is 0 Å². The Morgan fingerprint density at radius 2 is 2.19 bits per heavy atom. The minimum atomic E-state index is -0.459. The number of tetrazole rings is 1. The molecule has 1 heterocycles. The van der Waals surface area contributed by atoms with Crippen LogP contribution in [0.3, 0.4) is 0 Å². The van der Waals surface area contributed by atoms with E-state index in [1.165, 1.54) is 18.9 Å². The molecule has 21 heavy (non-hydrogen) atoms. The van der Waals surface area contributed by atoms with Crippen molar-refractivity contribution in [2.75, 3.05) is 7.11 Å². The third kappa shape index (κ3) is 2.92. The fourth-order valence-corrected chi connectivity index (χ4v) is 3.32. The number of aryl methyl sites for hydroxylation is 1. The summed E-state index contributed by atoms with van der Waals surface area (Å²) in [6, 6.07) is 8.16. The van der Waals surface area contributed by atoms with Crippen LogP contribution >= 0.6 is 11.8 Å². The predicted octanol–water partition coefficient (Wildman–Crippen LogP) is 2.32. The molecule has 1 aromatic carbocycles. The summed E-state index contributed by atoms with van der Waals surface area (Å²) >= 11 is 1.34. The molecule has 0 aliphatic heterocycles. The van der Waals surface area contributed by atoms with Crippen molar-refractivity contribution in [2.45, 2.75) is 36.2 Å². The lowest BCUT2D eigenvalue weighted by atomic mass is 10.1. The predicted molar refractivity (Wildman–Crippen MR) is 77.9 cm³/mol. The molecule has 1 aliphatic rings. The topological polar surface area (TPSA) is 69.9 Å². The van der Waals surface area contributed by atoms with E-state index in [4.69, 9.17) is 4.74 Å².